The number of rotatable bonds is 3. The van der Waals surface area contributed by atoms with E-state index in [1.807, 2.05) is 25.1 Å². The molecule has 0 atom stereocenters. The van der Waals surface area contributed by atoms with E-state index in [1.165, 1.54) is 0 Å². The van der Waals surface area contributed by atoms with Crippen LogP contribution in [-0.2, 0) is 6.54 Å². The molecular formula is C10H12N4O. The van der Waals surface area contributed by atoms with E-state index in [2.05, 4.69) is 20.4 Å². The van der Waals surface area contributed by atoms with E-state index < -0.39 is 0 Å². The molecule has 0 bridgehead atoms. The first kappa shape index (κ1) is 9.64. The molecule has 78 valence electrons. The van der Waals surface area contributed by atoms with E-state index in [4.69, 9.17) is 4.52 Å². The van der Waals surface area contributed by atoms with Crippen LogP contribution in [0, 0.1) is 13.8 Å². The summed E-state index contributed by atoms with van der Waals surface area (Å²) in [4.78, 5) is 8.37. The summed E-state index contributed by atoms with van der Waals surface area (Å²) in [5, 5.41) is 6.68. The fraction of sp³-hybridized carbons (Fsp3) is 0.300. The number of anilines is 1. The summed E-state index contributed by atoms with van der Waals surface area (Å²) in [6.07, 6.45) is 0. The summed E-state index contributed by atoms with van der Waals surface area (Å²) in [5.41, 5.74) is 1.95. The highest BCUT2D eigenvalue weighted by Gasteiger charge is 2.01. The number of nitrogens with zero attached hydrogens (tertiary/aromatic N) is 3. The lowest BCUT2D eigenvalue weighted by molar-refractivity contribution is 0.425. The minimum Gasteiger partial charge on any atom is -0.332 e. The average Bonchev–Trinajstić information content (AvgIpc) is 2.62. The molecule has 0 aliphatic heterocycles. The molecule has 2 aromatic heterocycles. The van der Waals surface area contributed by atoms with Crippen molar-refractivity contribution < 1.29 is 4.52 Å². The largest absolute Gasteiger partial charge is 0.332 e. The molecule has 0 unspecified atom stereocenters. The van der Waals surface area contributed by atoms with Crippen LogP contribution in [0.15, 0.2) is 22.7 Å². The maximum absolute atomic E-state index is 4.92. The van der Waals surface area contributed by atoms with Crippen LogP contribution in [0.5, 0.6) is 0 Å². The summed E-state index contributed by atoms with van der Waals surface area (Å²) in [5.74, 6) is 0.620. The van der Waals surface area contributed by atoms with Gasteiger partial charge in [0.2, 0.25) is 0 Å². The number of aryl methyl sites for hydroxylation is 2. The second-order valence-electron chi connectivity index (χ2n) is 3.27. The monoisotopic (exact) mass is 204 g/mol. The van der Waals surface area contributed by atoms with Gasteiger partial charge in [-0.3, -0.25) is 4.98 Å². The van der Waals surface area contributed by atoms with Crippen molar-refractivity contribution in [1.29, 1.82) is 0 Å². The van der Waals surface area contributed by atoms with Gasteiger partial charge in [0.05, 0.1) is 12.2 Å². The highest BCUT2D eigenvalue weighted by Crippen LogP contribution is 2.05. The van der Waals surface area contributed by atoms with Crippen LogP contribution in [0.1, 0.15) is 17.2 Å². The molecule has 5 heteroatoms. The van der Waals surface area contributed by atoms with Crippen molar-refractivity contribution in [2.24, 2.45) is 0 Å². The molecule has 2 rings (SSSR count). The Morgan fingerprint density at radius 3 is 2.80 bits per heavy atom. The molecule has 2 aromatic rings. The van der Waals surface area contributed by atoms with Crippen molar-refractivity contribution in [2.45, 2.75) is 20.4 Å². The van der Waals surface area contributed by atoms with Gasteiger partial charge in [-0.25, -0.2) is 0 Å². The summed E-state index contributed by atoms with van der Waals surface area (Å²) in [6, 6.07) is 6.30. The first-order chi connectivity index (χ1) is 7.24. The van der Waals surface area contributed by atoms with E-state index in [0.29, 0.717) is 18.4 Å². The second-order valence-corrected chi connectivity index (χ2v) is 3.27. The van der Waals surface area contributed by atoms with E-state index in [1.54, 1.807) is 6.92 Å². The van der Waals surface area contributed by atoms with Gasteiger partial charge < -0.3 is 9.84 Å². The zero-order valence-corrected chi connectivity index (χ0v) is 8.69. The molecule has 5 nitrogen and oxygen atoms in total. The highest BCUT2D eigenvalue weighted by molar-refractivity contribution is 5.21. The van der Waals surface area contributed by atoms with E-state index in [-0.39, 0.29) is 0 Å². The molecule has 0 radical (unpaired) electrons. The summed E-state index contributed by atoms with van der Waals surface area (Å²) in [7, 11) is 0. The number of pyridine rings is 1. The summed E-state index contributed by atoms with van der Waals surface area (Å²) < 4.78 is 4.92. The molecule has 0 saturated carbocycles. The minimum atomic E-state index is 0.427. The standard InChI is InChI=1S/C10H12N4O/c1-7-4-3-5-9(12-7)6-11-10-13-8(2)14-15-10/h3-5H,6H2,1-2H3,(H,11,13,14). The van der Waals surface area contributed by atoms with Crippen LogP contribution in [0.25, 0.3) is 0 Å². The second kappa shape index (κ2) is 4.08. The maximum atomic E-state index is 4.92. The zero-order valence-electron chi connectivity index (χ0n) is 8.69. The van der Waals surface area contributed by atoms with Crippen LogP contribution >= 0.6 is 0 Å². The lowest BCUT2D eigenvalue weighted by Gasteiger charge is -2.01. The van der Waals surface area contributed by atoms with Gasteiger partial charge in [-0.1, -0.05) is 11.2 Å². The SMILES string of the molecule is Cc1cccc(CNc2nc(C)no2)n1. The Morgan fingerprint density at radius 1 is 1.27 bits per heavy atom. The number of nitrogens with one attached hydrogen (secondary N) is 1. The molecule has 0 fully saturated rings. The fourth-order valence-electron chi connectivity index (χ4n) is 1.23. The number of aromatic nitrogens is 3. The smallest absolute Gasteiger partial charge is 0.321 e. The van der Waals surface area contributed by atoms with Crippen molar-refractivity contribution in [1.82, 2.24) is 15.1 Å². The maximum Gasteiger partial charge on any atom is 0.321 e. The van der Waals surface area contributed by atoms with Crippen LogP contribution in [0.3, 0.4) is 0 Å². The van der Waals surface area contributed by atoms with Gasteiger partial charge in [-0.15, -0.1) is 0 Å². The lowest BCUT2D eigenvalue weighted by atomic mass is 10.3. The van der Waals surface area contributed by atoms with Crippen molar-refractivity contribution in [2.75, 3.05) is 5.32 Å². The Balaban J connectivity index is 1.99. The van der Waals surface area contributed by atoms with Crippen molar-refractivity contribution >= 4 is 6.01 Å². The van der Waals surface area contributed by atoms with Crippen LogP contribution in [0.4, 0.5) is 6.01 Å². The van der Waals surface area contributed by atoms with Crippen LogP contribution in [0.2, 0.25) is 0 Å². The molecule has 2 heterocycles. The minimum absolute atomic E-state index is 0.427. The van der Waals surface area contributed by atoms with Crippen LogP contribution < -0.4 is 5.32 Å². The van der Waals surface area contributed by atoms with Crippen molar-refractivity contribution in [3.05, 3.63) is 35.4 Å². The predicted molar refractivity (Wildman–Crippen MR) is 55.3 cm³/mol. The molecule has 0 saturated heterocycles. The Bertz CT molecular complexity index is 452. The third kappa shape index (κ3) is 2.52. The molecule has 0 aliphatic carbocycles. The molecular weight excluding hydrogens is 192 g/mol. The lowest BCUT2D eigenvalue weighted by Crippen LogP contribution is -2.02. The molecule has 0 aliphatic rings. The quantitative estimate of drug-likeness (QED) is 0.824. The van der Waals surface area contributed by atoms with Gasteiger partial charge in [-0.2, -0.15) is 4.98 Å². The third-order valence-electron chi connectivity index (χ3n) is 1.89. The predicted octanol–water partition coefficient (Wildman–Crippen LogP) is 1.69. The van der Waals surface area contributed by atoms with Gasteiger partial charge in [0, 0.05) is 5.69 Å². The first-order valence-electron chi connectivity index (χ1n) is 4.71. The molecule has 1 N–H and O–H groups in total. The third-order valence-corrected chi connectivity index (χ3v) is 1.89. The fourth-order valence-corrected chi connectivity index (χ4v) is 1.23. The van der Waals surface area contributed by atoms with Gasteiger partial charge in [-0.05, 0) is 26.0 Å². The molecule has 15 heavy (non-hydrogen) atoms. The Kier molecular flexibility index (Phi) is 2.62. The van der Waals surface area contributed by atoms with E-state index in [9.17, 15) is 0 Å². The van der Waals surface area contributed by atoms with Gasteiger partial charge in [0.25, 0.3) is 0 Å². The van der Waals surface area contributed by atoms with Gasteiger partial charge in [0.15, 0.2) is 5.82 Å². The first-order valence-corrected chi connectivity index (χ1v) is 4.71. The topological polar surface area (TPSA) is 63.8 Å². The Hall–Kier alpha value is -1.91. The van der Waals surface area contributed by atoms with Crippen molar-refractivity contribution in [3.8, 4) is 0 Å². The highest BCUT2D eigenvalue weighted by atomic mass is 16.5. The number of hydrogen-bond acceptors (Lipinski definition) is 5. The zero-order chi connectivity index (χ0) is 10.7. The molecule has 0 aromatic carbocycles. The van der Waals surface area contributed by atoms with Gasteiger partial charge >= 0.3 is 6.01 Å². The molecule has 0 amide bonds. The average molecular weight is 204 g/mol. The van der Waals surface area contributed by atoms with Gasteiger partial charge in [0.1, 0.15) is 0 Å². The van der Waals surface area contributed by atoms with E-state index in [0.717, 1.165) is 11.4 Å². The van der Waals surface area contributed by atoms with Crippen LogP contribution in [-0.4, -0.2) is 15.1 Å². The van der Waals surface area contributed by atoms with Crippen molar-refractivity contribution in [3.63, 3.8) is 0 Å². The summed E-state index contributed by atoms with van der Waals surface area (Å²) >= 11 is 0. The Labute approximate surface area is 87.5 Å². The summed E-state index contributed by atoms with van der Waals surface area (Å²) in [6.45, 7) is 4.32. The molecule has 0 spiro atoms. The van der Waals surface area contributed by atoms with E-state index >= 15 is 0 Å². The normalized spacial score (nSPS) is 10.3. The number of hydrogen-bond donors (Lipinski definition) is 1. The Morgan fingerprint density at radius 2 is 2.13 bits per heavy atom.